The molecule has 0 unspecified atom stereocenters. The van der Waals surface area contributed by atoms with E-state index in [2.05, 4.69) is 26.2 Å². The first-order valence-corrected chi connectivity index (χ1v) is 8.92. The first kappa shape index (κ1) is 18.9. The van der Waals surface area contributed by atoms with Crippen molar-refractivity contribution >= 4 is 5.69 Å². The molecule has 1 aliphatic heterocycles. The van der Waals surface area contributed by atoms with Gasteiger partial charge in [0, 0.05) is 50.9 Å². The number of nitriles is 1. The summed E-state index contributed by atoms with van der Waals surface area (Å²) in [4.78, 5) is 9.49. The molecule has 0 saturated carbocycles. The Bertz CT molecular complexity index is 1100. The van der Waals surface area contributed by atoms with Gasteiger partial charge in [0.1, 0.15) is 12.4 Å². The minimum absolute atomic E-state index is 0.134. The van der Waals surface area contributed by atoms with Gasteiger partial charge in [-0.25, -0.2) is 13.8 Å². The predicted molar refractivity (Wildman–Crippen MR) is 97.3 cm³/mol. The molecule has 0 aliphatic carbocycles. The van der Waals surface area contributed by atoms with Crippen molar-refractivity contribution in [2.24, 2.45) is 7.05 Å². The SMILES string of the molecule is Cn1cnnc1C1(F)CCN(c2c(C#N)ccnc2-c2cnc(F)c(F)c2)CC1. The number of aromatic nitrogens is 5. The summed E-state index contributed by atoms with van der Waals surface area (Å²) in [5.41, 5.74) is -0.352. The van der Waals surface area contributed by atoms with Crippen molar-refractivity contribution in [1.82, 2.24) is 24.7 Å². The summed E-state index contributed by atoms with van der Waals surface area (Å²) in [5, 5.41) is 17.2. The maximum atomic E-state index is 15.5. The molecule has 1 saturated heterocycles. The van der Waals surface area contributed by atoms with Crippen LogP contribution >= 0.6 is 0 Å². The maximum Gasteiger partial charge on any atom is 0.248 e. The number of halogens is 3. The van der Waals surface area contributed by atoms with E-state index < -0.39 is 17.4 Å². The van der Waals surface area contributed by atoms with Crippen molar-refractivity contribution in [1.29, 1.82) is 5.26 Å². The molecule has 4 rings (SSSR count). The normalized spacial score (nSPS) is 15.9. The minimum atomic E-state index is -1.64. The van der Waals surface area contributed by atoms with Crippen LogP contribution in [-0.4, -0.2) is 37.8 Å². The topological polar surface area (TPSA) is 83.5 Å². The van der Waals surface area contributed by atoms with Crippen LogP contribution in [0.25, 0.3) is 11.3 Å². The van der Waals surface area contributed by atoms with Crippen LogP contribution in [0.15, 0.2) is 30.9 Å². The lowest BCUT2D eigenvalue weighted by Gasteiger charge is -2.37. The van der Waals surface area contributed by atoms with Gasteiger partial charge in [-0.1, -0.05) is 0 Å². The fourth-order valence-electron chi connectivity index (χ4n) is 3.62. The highest BCUT2D eigenvalue weighted by Gasteiger charge is 2.41. The van der Waals surface area contributed by atoms with Crippen LogP contribution in [0.1, 0.15) is 24.2 Å². The molecule has 0 aromatic carbocycles. The lowest BCUT2D eigenvalue weighted by Crippen LogP contribution is -2.42. The molecule has 0 amide bonds. The smallest absolute Gasteiger partial charge is 0.248 e. The Hall–Kier alpha value is -3.48. The number of hydrogen-bond donors (Lipinski definition) is 0. The van der Waals surface area contributed by atoms with E-state index in [0.717, 1.165) is 12.3 Å². The molecule has 0 radical (unpaired) electrons. The van der Waals surface area contributed by atoms with Gasteiger partial charge in [0.25, 0.3) is 0 Å². The van der Waals surface area contributed by atoms with Crippen molar-refractivity contribution < 1.29 is 13.2 Å². The number of hydrogen-bond acceptors (Lipinski definition) is 6. The minimum Gasteiger partial charge on any atom is -0.368 e. The molecule has 148 valence electrons. The molecule has 1 fully saturated rings. The zero-order chi connectivity index (χ0) is 20.6. The number of piperidine rings is 1. The number of alkyl halides is 1. The van der Waals surface area contributed by atoms with E-state index in [1.807, 2.05) is 4.90 Å². The molecule has 3 aromatic rings. The third kappa shape index (κ3) is 3.29. The molecule has 10 heteroatoms. The molecular weight excluding hydrogens is 383 g/mol. The van der Waals surface area contributed by atoms with Gasteiger partial charge in [0.2, 0.25) is 5.95 Å². The number of aryl methyl sites for hydroxylation is 1. The van der Waals surface area contributed by atoms with E-state index in [-0.39, 0.29) is 37.3 Å². The number of anilines is 1. The lowest BCUT2D eigenvalue weighted by molar-refractivity contribution is 0.109. The molecule has 29 heavy (non-hydrogen) atoms. The molecule has 0 spiro atoms. The summed E-state index contributed by atoms with van der Waals surface area (Å²) in [5.74, 6) is -2.06. The summed E-state index contributed by atoms with van der Waals surface area (Å²) < 4.78 is 44.0. The summed E-state index contributed by atoms with van der Waals surface area (Å²) in [6.45, 7) is 0.571. The zero-order valence-corrected chi connectivity index (χ0v) is 15.5. The van der Waals surface area contributed by atoms with E-state index >= 15 is 4.39 Å². The summed E-state index contributed by atoms with van der Waals surface area (Å²) >= 11 is 0. The average Bonchev–Trinajstić information content (AvgIpc) is 3.17. The van der Waals surface area contributed by atoms with E-state index in [1.165, 1.54) is 18.6 Å². The maximum absolute atomic E-state index is 15.5. The van der Waals surface area contributed by atoms with Crippen LogP contribution < -0.4 is 4.90 Å². The van der Waals surface area contributed by atoms with Gasteiger partial charge in [-0.05, 0) is 12.1 Å². The fourth-order valence-corrected chi connectivity index (χ4v) is 3.62. The van der Waals surface area contributed by atoms with Crippen molar-refractivity contribution in [2.45, 2.75) is 18.5 Å². The largest absolute Gasteiger partial charge is 0.368 e. The summed E-state index contributed by atoms with van der Waals surface area (Å²) in [6, 6.07) is 4.61. The van der Waals surface area contributed by atoms with E-state index in [9.17, 15) is 14.0 Å². The Morgan fingerprint density at radius 2 is 1.97 bits per heavy atom. The first-order valence-electron chi connectivity index (χ1n) is 8.92. The highest BCUT2D eigenvalue weighted by atomic mass is 19.2. The second-order valence-electron chi connectivity index (χ2n) is 6.88. The number of pyridine rings is 2. The van der Waals surface area contributed by atoms with Crippen molar-refractivity contribution in [3.05, 3.63) is 54.0 Å². The van der Waals surface area contributed by atoms with Gasteiger partial charge in [-0.2, -0.15) is 9.65 Å². The average molecular weight is 399 g/mol. The summed E-state index contributed by atoms with van der Waals surface area (Å²) in [6.07, 6.45) is 4.30. The summed E-state index contributed by atoms with van der Waals surface area (Å²) in [7, 11) is 1.69. The Kier molecular flexibility index (Phi) is 4.66. The predicted octanol–water partition coefficient (Wildman–Crippen LogP) is 2.89. The van der Waals surface area contributed by atoms with Gasteiger partial charge in [0.05, 0.1) is 16.9 Å². The van der Waals surface area contributed by atoms with Crippen molar-refractivity contribution in [3.63, 3.8) is 0 Å². The van der Waals surface area contributed by atoms with Crippen LogP contribution in [0, 0.1) is 23.1 Å². The van der Waals surface area contributed by atoms with Crippen LogP contribution in [0.3, 0.4) is 0 Å². The van der Waals surface area contributed by atoms with Gasteiger partial charge in [0.15, 0.2) is 17.3 Å². The molecule has 4 heterocycles. The van der Waals surface area contributed by atoms with Gasteiger partial charge >= 0.3 is 0 Å². The molecule has 0 N–H and O–H groups in total. The van der Waals surface area contributed by atoms with E-state index in [0.29, 0.717) is 16.9 Å². The Balaban J connectivity index is 1.70. The molecule has 0 atom stereocenters. The third-order valence-electron chi connectivity index (χ3n) is 5.10. The van der Waals surface area contributed by atoms with Crippen molar-refractivity contribution in [2.75, 3.05) is 18.0 Å². The third-order valence-corrected chi connectivity index (χ3v) is 5.10. The van der Waals surface area contributed by atoms with Gasteiger partial charge in [-0.15, -0.1) is 10.2 Å². The lowest BCUT2D eigenvalue weighted by atomic mass is 9.91. The van der Waals surface area contributed by atoms with Crippen LogP contribution in [0.5, 0.6) is 0 Å². The van der Waals surface area contributed by atoms with E-state index in [1.54, 1.807) is 11.6 Å². The van der Waals surface area contributed by atoms with Crippen LogP contribution in [0.2, 0.25) is 0 Å². The van der Waals surface area contributed by atoms with Crippen LogP contribution in [-0.2, 0) is 12.7 Å². The quantitative estimate of drug-likeness (QED) is 0.630. The fraction of sp³-hybridized carbons (Fsp3) is 0.316. The monoisotopic (exact) mass is 399 g/mol. The Morgan fingerprint density at radius 1 is 1.21 bits per heavy atom. The zero-order valence-electron chi connectivity index (χ0n) is 15.5. The Labute approximate surface area is 164 Å². The second-order valence-corrected chi connectivity index (χ2v) is 6.88. The molecule has 1 aliphatic rings. The molecule has 0 bridgehead atoms. The van der Waals surface area contributed by atoms with Gasteiger partial charge < -0.3 is 9.47 Å². The highest BCUT2D eigenvalue weighted by Crippen LogP contribution is 2.40. The first-order chi connectivity index (χ1) is 13.9. The Morgan fingerprint density at radius 3 is 2.59 bits per heavy atom. The van der Waals surface area contributed by atoms with Gasteiger partial charge in [-0.3, -0.25) is 4.98 Å². The molecule has 3 aromatic heterocycles. The molecule has 7 nitrogen and oxygen atoms in total. The van der Waals surface area contributed by atoms with Crippen molar-refractivity contribution in [3.8, 4) is 17.3 Å². The highest BCUT2D eigenvalue weighted by molar-refractivity contribution is 5.79. The second kappa shape index (κ2) is 7.16. The molecular formula is C19H16F3N7. The number of nitrogens with zero attached hydrogens (tertiary/aromatic N) is 7. The number of rotatable bonds is 3. The van der Waals surface area contributed by atoms with Crippen LogP contribution in [0.4, 0.5) is 18.9 Å². The van der Waals surface area contributed by atoms with E-state index in [4.69, 9.17) is 0 Å². The standard InChI is InChI=1S/C19H16F3N7/c1-28-11-26-27-18(28)19(22)3-6-29(7-4-19)16-12(9-23)2-5-24-15(16)13-8-14(20)17(21)25-10-13/h2,5,8,10-11H,3-4,6-7H2,1H3.